The number of rotatable bonds is 7. The van der Waals surface area contributed by atoms with E-state index >= 15 is 0 Å². The van der Waals surface area contributed by atoms with E-state index in [9.17, 15) is 8.42 Å². The largest absolute Gasteiger partial charge is 0.379 e. The van der Waals surface area contributed by atoms with Gasteiger partial charge in [-0.2, -0.15) is 0 Å². The standard InChI is InChI=1S/C20H26N2O3S/c1-17-7-9-19(10-8-17)26(23,24)21-20(18-5-3-2-4-6-18)11-12-22-13-15-25-16-14-22/h2-10,20-21H,11-16H2,1H3. The highest BCUT2D eigenvalue weighted by atomic mass is 32.2. The van der Waals surface area contributed by atoms with E-state index in [-0.39, 0.29) is 6.04 Å². The van der Waals surface area contributed by atoms with Gasteiger partial charge in [0.05, 0.1) is 18.1 Å². The molecule has 1 aliphatic heterocycles. The topological polar surface area (TPSA) is 58.6 Å². The molecule has 0 bridgehead atoms. The van der Waals surface area contributed by atoms with Crippen molar-refractivity contribution >= 4 is 10.0 Å². The Morgan fingerprint density at radius 1 is 1.04 bits per heavy atom. The van der Waals surface area contributed by atoms with Crippen molar-refractivity contribution in [2.45, 2.75) is 24.3 Å². The normalized spacial score (nSPS) is 17.1. The Morgan fingerprint density at radius 3 is 2.35 bits per heavy atom. The van der Waals surface area contributed by atoms with Gasteiger partial charge in [-0.05, 0) is 31.0 Å². The van der Waals surface area contributed by atoms with E-state index < -0.39 is 10.0 Å². The van der Waals surface area contributed by atoms with Crippen molar-refractivity contribution < 1.29 is 13.2 Å². The number of nitrogens with one attached hydrogen (secondary N) is 1. The first-order chi connectivity index (χ1) is 12.5. The Balaban J connectivity index is 1.75. The molecule has 1 atom stereocenters. The zero-order valence-corrected chi connectivity index (χ0v) is 15.9. The molecule has 5 nitrogen and oxygen atoms in total. The summed E-state index contributed by atoms with van der Waals surface area (Å²) in [4.78, 5) is 2.62. The molecule has 140 valence electrons. The summed E-state index contributed by atoms with van der Waals surface area (Å²) >= 11 is 0. The van der Waals surface area contributed by atoms with E-state index in [0.29, 0.717) is 4.90 Å². The van der Waals surface area contributed by atoms with Gasteiger partial charge in [-0.25, -0.2) is 13.1 Å². The van der Waals surface area contributed by atoms with Gasteiger partial charge in [-0.3, -0.25) is 4.90 Å². The maximum absolute atomic E-state index is 12.8. The van der Waals surface area contributed by atoms with E-state index in [1.165, 1.54) is 0 Å². The highest BCUT2D eigenvalue weighted by molar-refractivity contribution is 7.89. The van der Waals surface area contributed by atoms with E-state index in [0.717, 1.165) is 50.4 Å². The Hall–Kier alpha value is -1.73. The predicted molar refractivity (Wildman–Crippen MR) is 103 cm³/mol. The van der Waals surface area contributed by atoms with Gasteiger partial charge in [0.25, 0.3) is 0 Å². The minimum atomic E-state index is -3.57. The molecule has 26 heavy (non-hydrogen) atoms. The van der Waals surface area contributed by atoms with Crippen LogP contribution in [0.1, 0.15) is 23.6 Å². The third-order valence-electron chi connectivity index (χ3n) is 4.67. The van der Waals surface area contributed by atoms with Crippen LogP contribution in [0.15, 0.2) is 59.5 Å². The summed E-state index contributed by atoms with van der Waals surface area (Å²) in [5, 5.41) is 0. The molecule has 0 aromatic heterocycles. The molecule has 2 aromatic rings. The minimum absolute atomic E-state index is 0.259. The van der Waals surface area contributed by atoms with Gasteiger partial charge in [0.15, 0.2) is 0 Å². The van der Waals surface area contributed by atoms with Gasteiger partial charge in [0.2, 0.25) is 10.0 Å². The molecule has 0 spiro atoms. The summed E-state index contributed by atoms with van der Waals surface area (Å²) in [5.41, 5.74) is 2.02. The summed E-state index contributed by atoms with van der Waals surface area (Å²) < 4.78 is 34.0. The summed E-state index contributed by atoms with van der Waals surface area (Å²) in [6.07, 6.45) is 0.717. The maximum Gasteiger partial charge on any atom is 0.241 e. The predicted octanol–water partition coefficient (Wildman–Crippen LogP) is 2.74. The molecule has 2 aromatic carbocycles. The van der Waals surface area contributed by atoms with Crippen LogP contribution in [0.2, 0.25) is 0 Å². The highest BCUT2D eigenvalue weighted by Gasteiger charge is 2.22. The number of morpholine rings is 1. The first kappa shape index (κ1) is 19.0. The van der Waals surface area contributed by atoms with E-state index in [1.54, 1.807) is 12.1 Å². The summed E-state index contributed by atoms with van der Waals surface area (Å²) in [6.45, 7) is 6.05. The van der Waals surface area contributed by atoms with E-state index in [4.69, 9.17) is 4.74 Å². The lowest BCUT2D eigenvalue weighted by Crippen LogP contribution is -2.39. The fourth-order valence-corrected chi connectivity index (χ4v) is 4.35. The molecule has 6 heteroatoms. The van der Waals surface area contributed by atoms with Gasteiger partial charge in [0.1, 0.15) is 0 Å². The van der Waals surface area contributed by atoms with E-state index in [1.807, 2.05) is 49.4 Å². The van der Waals surface area contributed by atoms with Gasteiger partial charge >= 0.3 is 0 Å². The fourth-order valence-electron chi connectivity index (χ4n) is 3.09. The second-order valence-electron chi connectivity index (χ2n) is 6.64. The number of aryl methyl sites for hydroxylation is 1. The lowest BCUT2D eigenvalue weighted by atomic mass is 10.0. The fraction of sp³-hybridized carbons (Fsp3) is 0.400. The zero-order valence-electron chi connectivity index (χ0n) is 15.1. The molecule has 1 saturated heterocycles. The molecule has 1 unspecified atom stereocenters. The molecule has 1 aliphatic rings. The minimum Gasteiger partial charge on any atom is -0.379 e. The average Bonchev–Trinajstić information content (AvgIpc) is 2.67. The van der Waals surface area contributed by atoms with Crippen LogP contribution < -0.4 is 4.72 Å². The van der Waals surface area contributed by atoms with Crippen molar-refractivity contribution in [3.8, 4) is 0 Å². The van der Waals surface area contributed by atoms with Gasteiger partial charge in [0, 0.05) is 25.7 Å². The quantitative estimate of drug-likeness (QED) is 0.810. The Kier molecular flexibility index (Phi) is 6.43. The lowest BCUT2D eigenvalue weighted by molar-refractivity contribution is 0.0364. The van der Waals surface area contributed by atoms with E-state index in [2.05, 4.69) is 9.62 Å². The van der Waals surface area contributed by atoms with Crippen LogP contribution >= 0.6 is 0 Å². The number of hydrogen-bond donors (Lipinski definition) is 1. The highest BCUT2D eigenvalue weighted by Crippen LogP contribution is 2.21. The summed E-state index contributed by atoms with van der Waals surface area (Å²) in [5.74, 6) is 0. The third kappa shape index (κ3) is 5.14. The molecule has 0 amide bonds. The number of nitrogens with zero attached hydrogens (tertiary/aromatic N) is 1. The molecule has 1 heterocycles. The second-order valence-corrected chi connectivity index (χ2v) is 8.35. The molecular weight excluding hydrogens is 348 g/mol. The molecule has 1 N–H and O–H groups in total. The monoisotopic (exact) mass is 374 g/mol. The Labute approximate surface area is 156 Å². The first-order valence-corrected chi connectivity index (χ1v) is 10.5. The number of hydrogen-bond acceptors (Lipinski definition) is 4. The van der Waals surface area contributed by atoms with Crippen LogP contribution in [-0.4, -0.2) is 46.2 Å². The SMILES string of the molecule is Cc1ccc(S(=O)(=O)NC(CCN2CCOCC2)c2ccccc2)cc1. The van der Waals surface area contributed by atoms with Gasteiger partial charge in [-0.15, -0.1) is 0 Å². The zero-order chi connectivity index (χ0) is 18.4. The van der Waals surface area contributed by atoms with Crippen LogP contribution in [0, 0.1) is 6.92 Å². The van der Waals surface area contributed by atoms with Gasteiger partial charge in [-0.1, -0.05) is 48.0 Å². The van der Waals surface area contributed by atoms with Crippen LogP contribution in [0.3, 0.4) is 0 Å². The van der Waals surface area contributed by atoms with Crippen molar-refractivity contribution in [2.75, 3.05) is 32.8 Å². The van der Waals surface area contributed by atoms with Crippen molar-refractivity contribution in [2.24, 2.45) is 0 Å². The molecule has 0 saturated carbocycles. The second kappa shape index (κ2) is 8.77. The smallest absolute Gasteiger partial charge is 0.241 e. The summed E-state index contributed by atoms with van der Waals surface area (Å²) in [7, 11) is -3.57. The first-order valence-electron chi connectivity index (χ1n) is 8.99. The third-order valence-corrected chi connectivity index (χ3v) is 6.16. The number of benzene rings is 2. The molecular formula is C20H26N2O3S. The van der Waals surface area contributed by atoms with Gasteiger partial charge < -0.3 is 4.74 Å². The lowest BCUT2D eigenvalue weighted by Gasteiger charge is -2.28. The van der Waals surface area contributed by atoms with Crippen LogP contribution in [-0.2, 0) is 14.8 Å². The van der Waals surface area contributed by atoms with Crippen molar-refractivity contribution in [3.05, 3.63) is 65.7 Å². The Bertz CT molecular complexity index is 786. The number of ether oxygens (including phenoxy) is 1. The maximum atomic E-state index is 12.8. The molecule has 0 radical (unpaired) electrons. The summed E-state index contributed by atoms with van der Waals surface area (Å²) in [6, 6.07) is 16.5. The molecule has 3 rings (SSSR count). The van der Waals surface area contributed by atoms with Crippen molar-refractivity contribution in [1.29, 1.82) is 0 Å². The van der Waals surface area contributed by atoms with Crippen LogP contribution in [0.25, 0.3) is 0 Å². The number of sulfonamides is 1. The van der Waals surface area contributed by atoms with Crippen molar-refractivity contribution in [3.63, 3.8) is 0 Å². The average molecular weight is 375 g/mol. The van der Waals surface area contributed by atoms with Crippen molar-refractivity contribution in [1.82, 2.24) is 9.62 Å². The van der Waals surface area contributed by atoms with Crippen LogP contribution in [0.4, 0.5) is 0 Å². The molecule has 1 fully saturated rings. The molecule has 0 aliphatic carbocycles. The van der Waals surface area contributed by atoms with Crippen LogP contribution in [0.5, 0.6) is 0 Å². The Morgan fingerprint density at radius 2 is 1.69 bits per heavy atom.